The molecule has 0 bridgehead atoms. The summed E-state index contributed by atoms with van der Waals surface area (Å²) in [7, 11) is 1.76. The number of benzene rings is 2. The maximum atomic E-state index is 13.3. The fourth-order valence-corrected chi connectivity index (χ4v) is 2.53. The van der Waals surface area contributed by atoms with Crippen molar-refractivity contribution in [3.63, 3.8) is 0 Å². The monoisotopic (exact) mass is 366 g/mol. The average Bonchev–Trinajstić information content (AvgIpc) is 2.95. The molecule has 0 saturated heterocycles. The summed E-state index contributed by atoms with van der Waals surface area (Å²) < 4.78 is 53.1. The number of carbonyl (C=O) groups excluding carboxylic acids is 1. The Morgan fingerprint density at radius 2 is 2.00 bits per heavy atom. The molecule has 9 heteroatoms. The third-order valence-corrected chi connectivity index (χ3v) is 3.83. The van der Waals surface area contributed by atoms with Crippen molar-refractivity contribution >= 4 is 22.6 Å². The van der Waals surface area contributed by atoms with Crippen LogP contribution in [-0.2, 0) is 19.8 Å². The first-order valence-electron chi connectivity index (χ1n) is 7.57. The lowest BCUT2D eigenvalue weighted by Crippen LogP contribution is -2.28. The molecule has 26 heavy (non-hydrogen) atoms. The van der Waals surface area contributed by atoms with Crippen LogP contribution in [-0.4, -0.2) is 15.8 Å². The summed E-state index contributed by atoms with van der Waals surface area (Å²) in [5.41, 5.74) is 0.102. The maximum Gasteiger partial charge on any atom is 0.419 e. The van der Waals surface area contributed by atoms with Gasteiger partial charge in [0.1, 0.15) is 5.82 Å². The Morgan fingerprint density at radius 3 is 2.73 bits per heavy atom. The molecule has 2 N–H and O–H groups in total. The number of fused-ring (bicyclic) bond motifs is 1. The van der Waals surface area contributed by atoms with E-state index in [0.717, 1.165) is 17.0 Å². The van der Waals surface area contributed by atoms with Crippen LogP contribution in [0.1, 0.15) is 11.1 Å². The molecule has 2 amide bonds. The number of aryl methyl sites for hydroxylation is 1. The highest BCUT2D eigenvalue weighted by atomic mass is 19.4. The second-order valence-corrected chi connectivity index (χ2v) is 5.63. The van der Waals surface area contributed by atoms with Crippen molar-refractivity contribution < 1.29 is 22.4 Å². The summed E-state index contributed by atoms with van der Waals surface area (Å²) >= 11 is 0. The number of nitrogens with zero attached hydrogens (tertiary/aromatic N) is 2. The summed E-state index contributed by atoms with van der Waals surface area (Å²) in [6.07, 6.45) is -3.20. The van der Waals surface area contributed by atoms with Gasteiger partial charge in [-0.2, -0.15) is 18.3 Å². The van der Waals surface area contributed by atoms with Gasteiger partial charge < -0.3 is 10.6 Å². The van der Waals surface area contributed by atoms with E-state index >= 15 is 0 Å². The highest BCUT2D eigenvalue weighted by Crippen LogP contribution is 2.31. The molecule has 0 aliphatic heterocycles. The number of amides is 2. The predicted molar refractivity (Wildman–Crippen MR) is 88.0 cm³/mol. The zero-order valence-electron chi connectivity index (χ0n) is 13.6. The number of carbonyl (C=O) groups is 1. The number of nitrogens with one attached hydrogen (secondary N) is 2. The Kier molecular flexibility index (Phi) is 4.54. The largest absolute Gasteiger partial charge is 0.419 e. The standard InChI is InChI=1S/C17H14F4N4O/c1-25-15-4-2-3-14(11(15)9-23-25)24-16(26)22-8-10-5-6-13(18)12(7-10)17(19,20)21/h2-7,9H,8H2,1H3,(H2,22,24,26). The van der Waals surface area contributed by atoms with Crippen LogP contribution in [0.3, 0.4) is 0 Å². The van der Waals surface area contributed by atoms with Crippen LogP contribution in [0, 0.1) is 5.82 Å². The third-order valence-electron chi connectivity index (χ3n) is 3.83. The minimum atomic E-state index is -4.79. The molecule has 0 aliphatic carbocycles. The molecule has 3 aromatic rings. The quantitative estimate of drug-likeness (QED) is 0.687. The molecule has 0 aliphatic rings. The molecule has 0 unspecified atom stereocenters. The molecule has 0 fully saturated rings. The van der Waals surface area contributed by atoms with Crippen LogP contribution in [0.25, 0.3) is 10.9 Å². The van der Waals surface area contributed by atoms with Crippen LogP contribution in [0.15, 0.2) is 42.6 Å². The Balaban J connectivity index is 1.69. The van der Waals surface area contributed by atoms with Crippen molar-refractivity contribution in [1.82, 2.24) is 15.1 Å². The van der Waals surface area contributed by atoms with Crippen LogP contribution < -0.4 is 10.6 Å². The highest BCUT2D eigenvalue weighted by Gasteiger charge is 2.34. The van der Waals surface area contributed by atoms with Crippen molar-refractivity contribution in [3.05, 3.63) is 59.5 Å². The molecule has 0 atom stereocenters. The lowest BCUT2D eigenvalue weighted by atomic mass is 10.1. The number of hydrogen-bond donors (Lipinski definition) is 2. The smallest absolute Gasteiger partial charge is 0.334 e. The van der Waals surface area contributed by atoms with Gasteiger partial charge in [0.25, 0.3) is 0 Å². The molecule has 1 heterocycles. The van der Waals surface area contributed by atoms with Gasteiger partial charge in [-0.15, -0.1) is 0 Å². The van der Waals surface area contributed by atoms with Crippen LogP contribution >= 0.6 is 0 Å². The zero-order valence-corrected chi connectivity index (χ0v) is 13.6. The van der Waals surface area contributed by atoms with Gasteiger partial charge in [0, 0.05) is 19.0 Å². The van der Waals surface area contributed by atoms with Gasteiger partial charge in [0.05, 0.1) is 23.0 Å². The minimum absolute atomic E-state index is 0.133. The Hall–Kier alpha value is -3.10. The van der Waals surface area contributed by atoms with Gasteiger partial charge >= 0.3 is 12.2 Å². The number of anilines is 1. The molecule has 5 nitrogen and oxygen atoms in total. The normalized spacial score (nSPS) is 11.6. The highest BCUT2D eigenvalue weighted by molar-refractivity contribution is 6.00. The van der Waals surface area contributed by atoms with Gasteiger partial charge in [-0.25, -0.2) is 9.18 Å². The SMILES string of the molecule is Cn1ncc2c(NC(=O)NCc3ccc(F)c(C(F)(F)F)c3)cccc21. The van der Waals surface area contributed by atoms with Crippen molar-refractivity contribution in [2.45, 2.75) is 12.7 Å². The molecule has 136 valence electrons. The van der Waals surface area contributed by atoms with E-state index < -0.39 is 23.6 Å². The number of aromatic nitrogens is 2. The molecule has 1 aromatic heterocycles. The van der Waals surface area contributed by atoms with Crippen molar-refractivity contribution in [2.24, 2.45) is 7.05 Å². The predicted octanol–water partition coefficient (Wildman–Crippen LogP) is 4.05. The summed E-state index contributed by atoms with van der Waals surface area (Å²) in [5.74, 6) is -1.35. The van der Waals surface area contributed by atoms with E-state index in [4.69, 9.17) is 0 Å². The molecular weight excluding hydrogens is 352 g/mol. The summed E-state index contributed by atoms with van der Waals surface area (Å²) in [6, 6.07) is 7.26. The molecule has 0 saturated carbocycles. The lowest BCUT2D eigenvalue weighted by molar-refractivity contribution is -0.140. The fraction of sp³-hybridized carbons (Fsp3) is 0.176. The van der Waals surface area contributed by atoms with Gasteiger partial charge in [-0.3, -0.25) is 4.68 Å². The fourth-order valence-electron chi connectivity index (χ4n) is 2.53. The van der Waals surface area contributed by atoms with Crippen molar-refractivity contribution in [2.75, 3.05) is 5.32 Å². The third kappa shape index (κ3) is 3.61. The molecule has 3 rings (SSSR count). The minimum Gasteiger partial charge on any atom is -0.334 e. The summed E-state index contributed by atoms with van der Waals surface area (Å²) in [6.45, 7) is -0.182. The van der Waals surface area contributed by atoms with Crippen molar-refractivity contribution in [3.8, 4) is 0 Å². The van der Waals surface area contributed by atoms with Gasteiger partial charge in [-0.05, 0) is 29.8 Å². The Bertz CT molecular complexity index is 965. The van der Waals surface area contributed by atoms with E-state index in [2.05, 4.69) is 15.7 Å². The van der Waals surface area contributed by atoms with Gasteiger partial charge in [0.2, 0.25) is 0 Å². The van der Waals surface area contributed by atoms with Crippen LogP contribution in [0.5, 0.6) is 0 Å². The zero-order chi connectivity index (χ0) is 18.9. The van der Waals surface area contributed by atoms with E-state index in [1.165, 1.54) is 6.07 Å². The van der Waals surface area contributed by atoms with E-state index in [1.807, 2.05) is 6.07 Å². The topological polar surface area (TPSA) is 59.0 Å². The van der Waals surface area contributed by atoms with E-state index in [1.54, 1.807) is 30.1 Å². The summed E-state index contributed by atoms with van der Waals surface area (Å²) in [4.78, 5) is 12.0. The molecule has 0 radical (unpaired) electrons. The second-order valence-electron chi connectivity index (χ2n) is 5.63. The number of rotatable bonds is 3. The van der Waals surface area contributed by atoms with Gasteiger partial charge in [-0.1, -0.05) is 12.1 Å². The number of alkyl halides is 3. The van der Waals surface area contributed by atoms with E-state index in [9.17, 15) is 22.4 Å². The van der Waals surface area contributed by atoms with E-state index in [0.29, 0.717) is 11.8 Å². The molecular formula is C17H14F4N4O. The lowest BCUT2D eigenvalue weighted by Gasteiger charge is -2.11. The maximum absolute atomic E-state index is 13.3. The number of hydrogen-bond acceptors (Lipinski definition) is 2. The number of urea groups is 1. The Morgan fingerprint density at radius 1 is 1.23 bits per heavy atom. The molecule has 0 spiro atoms. The summed E-state index contributed by atoms with van der Waals surface area (Å²) in [5, 5.41) is 9.90. The Labute approximate surface area is 145 Å². The van der Waals surface area contributed by atoms with Crippen LogP contribution in [0.4, 0.5) is 28.0 Å². The first kappa shape index (κ1) is 17.7. The van der Waals surface area contributed by atoms with Gasteiger partial charge in [0.15, 0.2) is 0 Å². The van der Waals surface area contributed by atoms with Crippen LogP contribution in [0.2, 0.25) is 0 Å². The first-order valence-corrected chi connectivity index (χ1v) is 7.57. The van der Waals surface area contributed by atoms with Crippen molar-refractivity contribution in [1.29, 1.82) is 0 Å². The molecule has 2 aromatic carbocycles. The average molecular weight is 366 g/mol. The second kappa shape index (κ2) is 6.66. The first-order chi connectivity index (χ1) is 12.3. The number of halogens is 4. The van der Waals surface area contributed by atoms with E-state index in [-0.39, 0.29) is 12.1 Å².